The molecule has 0 heterocycles. The summed E-state index contributed by atoms with van der Waals surface area (Å²) in [6.45, 7) is 2.99. The molecule has 0 radical (unpaired) electrons. The standard InChI is InChI=1S/C13H18N2O2/c1-13(6-3-7-13)8-15-11-9(12(16)17)4-2-5-10(11)14/h2,4-5,15H,3,6-8,14H2,1H3,(H,16,17). The molecule has 92 valence electrons. The van der Waals surface area contributed by atoms with Gasteiger partial charge in [0.15, 0.2) is 0 Å². The fraction of sp³-hybridized carbons (Fsp3) is 0.462. The van der Waals surface area contributed by atoms with Gasteiger partial charge >= 0.3 is 5.97 Å². The van der Waals surface area contributed by atoms with E-state index in [0.29, 0.717) is 11.4 Å². The summed E-state index contributed by atoms with van der Waals surface area (Å²) in [5.41, 5.74) is 7.40. The topological polar surface area (TPSA) is 75.3 Å². The molecule has 0 amide bonds. The first-order chi connectivity index (χ1) is 8.02. The van der Waals surface area contributed by atoms with Crippen LogP contribution in [-0.4, -0.2) is 17.6 Å². The van der Waals surface area contributed by atoms with Crippen LogP contribution in [0.15, 0.2) is 18.2 Å². The van der Waals surface area contributed by atoms with Crippen LogP contribution in [0.2, 0.25) is 0 Å². The van der Waals surface area contributed by atoms with Crippen molar-refractivity contribution >= 4 is 17.3 Å². The van der Waals surface area contributed by atoms with E-state index >= 15 is 0 Å². The molecule has 4 nitrogen and oxygen atoms in total. The number of rotatable bonds is 4. The number of hydrogen-bond acceptors (Lipinski definition) is 3. The molecule has 0 aromatic heterocycles. The molecular weight excluding hydrogens is 216 g/mol. The zero-order valence-corrected chi connectivity index (χ0v) is 9.99. The number of carboxylic acid groups (broad SMARTS) is 1. The van der Waals surface area contributed by atoms with Crippen LogP contribution in [0.4, 0.5) is 11.4 Å². The van der Waals surface area contributed by atoms with Gasteiger partial charge in [-0.15, -0.1) is 0 Å². The van der Waals surface area contributed by atoms with Crippen molar-refractivity contribution in [3.05, 3.63) is 23.8 Å². The van der Waals surface area contributed by atoms with Crippen LogP contribution in [0, 0.1) is 5.41 Å². The van der Waals surface area contributed by atoms with Gasteiger partial charge in [0.25, 0.3) is 0 Å². The van der Waals surface area contributed by atoms with Crippen LogP contribution in [0.1, 0.15) is 36.5 Å². The van der Waals surface area contributed by atoms with Crippen molar-refractivity contribution in [2.75, 3.05) is 17.6 Å². The number of para-hydroxylation sites is 1. The highest BCUT2D eigenvalue weighted by Gasteiger charge is 2.31. The Bertz CT molecular complexity index is 439. The van der Waals surface area contributed by atoms with Crippen molar-refractivity contribution in [1.82, 2.24) is 0 Å². The summed E-state index contributed by atoms with van der Waals surface area (Å²) >= 11 is 0. The maximum absolute atomic E-state index is 11.1. The molecule has 0 atom stereocenters. The number of hydrogen-bond donors (Lipinski definition) is 3. The van der Waals surface area contributed by atoms with Gasteiger partial charge in [0.1, 0.15) is 0 Å². The molecule has 17 heavy (non-hydrogen) atoms. The lowest BCUT2D eigenvalue weighted by Crippen LogP contribution is -2.33. The molecule has 0 aliphatic heterocycles. The first-order valence-electron chi connectivity index (χ1n) is 5.87. The average Bonchev–Trinajstić information content (AvgIpc) is 2.24. The minimum absolute atomic E-state index is 0.243. The van der Waals surface area contributed by atoms with Crippen LogP contribution in [0.5, 0.6) is 0 Å². The van der Waals surface area contributed by atoms with Crippen LogP contribution in [-0.2, 0) is 0 Å². The van der Waals surface area contributed by atoms with Crippen molar-refractivity contribution in [1.29, 1.82) is 0 Å². The van der Waals surface area contributed by atoms with Gasteiger partial charge in [0, 0.05) is 6.54 Å². The largest absolute Gasteiger partial charge is 0.478 e. The van der Waals surface area contributed by atoms with Gasteiger partial charge in [-0.2, -0.15) is 0 Å². The summed E-state index contributed by atoms with van der Waals surface area (Å²) in [5, 5.41) is 12.3. The predicted molar refractivity (Wildman–Crippen MR) is 68.3 cm³/mol. The lowest BCUT2D eigenvalue weighted by Gasteiger charge is -2.39. The summed E-state index contributed by atoms with van der Waals surface area (Å²) in [6, 6.07) is 4.96. The minimum Gasteiger partial charge on any atom is -0.478 e. The number of nitrogens with two attached hydrogens (primary N) is 1. The smallest absolute Gasteiger partial charge is 0.337 e. The summed E-state index contributed by atoms with van der Waals surface area (Å²) in [4.78, 5) is 11.1. The first kappa shape index (κ1) is 11.8. The molecule has 1 aromatic carbocycles. The predicted octanol–water partition coefficient (Wildman–Crippen LogP) is 2.57. The van der Waals surface area contributed by atoms with Gasteiger partial charge in [0.2, 0.25) is 0 Å². The van der Waals surface area contributed by atoms with Gasteiger partial charge in [-0.25, -0.2) is 4.79 Å². The van der Waals surface area contributed by atoms with Gasteiger partial charge in [0.05, 0.1) is 16.9 Å². The van der Waals surface area contributed by atoms with Crippen LogP contribution in [0.25, 0.3) is 0 Å². The van der Waals surface area contributed by atoms with E-state index in [1.54, 1.807) is 18.2 Å². The fourth-order valence-electron chi connectivity index (χ4n) is 2.20. The Balaban J connectivity index is 2.16. The molecule has 1 fully saturated rings. The maximum Gasteiger partial charge on any atom is 0.337 e. The van der Waals surface area contributed by atoms with Gasteiger partial charge in [-0.3, -0.25) is 0 Å². The van der Waals surface area contributed by atoms with Crippen LogP contribution in [0.3, 0.4) is 0 Å². The highest BCUT2D eigenvalue weighted by atomic mass is 16.4. The molecule has 4 N–H and O–H groups in total. The second-order valence-corrected chi connectivity index (χ2v) is 5.09. The number of carboxylic acids is 1. The third kappa shape index (κ3) is 2.35. The minimum atomic E-state index is -0.946. The highest BCUT2D eigenvalue weighted by molar-refractivity contribution is 5.97. The second-order valence-electron chi connectivity index (χ2n) is 5.09. The van der Waals surface area contributed by atoms with E-state index < -0.39 is 5.97 Å². The zero-order valence-electron chi connectivity index (χ0n) is 9.99. The normalized spacial score (nSPS) is 17.2. The molecular formula is C13H18N2O2. The van der Waals surface area contributed by atoms with Crippen molar-refractivity contribution in [2.24, 2.45) is 5.41 Å². The summed E-state index contributed by atoms with van der Waals surface area (Å²) in [5.74, 6) is -0.946. The maximum atomic E-state index is 11.1. The number of anilines is 2. The number of nitrogen functional groups attached to an aromatic ring is 1. The Kier molecular flexibility index (Phi) is 2.96. The van der Waals surface area contributed by atoms with E-state index in [1.807, 2.05) is 0 Å². The SMILES string of the molecule is CC1(CNc2c(N)cccc2C(=O)O)CCC1. The van der Waals surface area contributed by atoms with E-state index in [-0.39, 0.29) is 11.0 Å². The molecule has 4 heteroatoms. The Morgan fingerprint density at radius 2 is 2.24 bits per heavy atom. The van der Waals surface area contributed by atoms with Crippen molar-refractivity contribution in [3.8, 4) is 0 Å². The lowest BCUT2D eigenvalue weighted by molar-refractivity contribution is 0.0697. The van der Waals surface area contributed by atoms with E-state index in [9.17, 15) is 4.79 Å². The molecule has 0 spiro atoms. The van der Waals surface area contributed by atoms with Gasteiger partial charge in [-0.1, -0.05) is 19.4 Å². The van der Waals surface area contributed by atoms with E-state index in [1.165, 1.54) is 19.3 Å². The van der Waals surface area contributed by atoms with Crippen LogP contribution < -0.4 is 11.1 Å². The first-order valence-corrected chi connectivity index (χ1v) is 5.87. The van der Waals surface area contributed by atoms with Crippen molar-refractivity contribution < 1.29 is 9.90 Å². The van der Waals surface area contributed by atoms with Gasteiger partial charge < -0.3 is 16.2 Å². The van der Waals surface area contributed by atoms with Gasteiger partial charge in [-0.05, 0) is 30.4 Å². The summed E-state index contributed by atoms with van der Waals surface area (Å²) in [6.07, 6.45) is 3.64. The van der Waals surface area contributed by atoms with Crippen molar-refractivity contribution in [2.45, 2.75) is 26.2 Å². The fourth-order valence-corrected chi connectivity index (χ4v) is 2.20. The average molecular weight is 234 g/mol. The highest BCUT2D eigenvalue weighted by Crippen LogP contribution is 2.40. The molecule has 1 saturated carbocycles. The van der Waals surface area contributed by atoms with Crippen LogP contribution >= 0.6 is 0 Å². The monoisotopic (exact) mass is 234 g/mol. The molecule has 2 rings (SSSR count). The number of carbonyl (C=O) groups is 1. The summed E-state index contributed by atoms with van der Waals surface area (Å²) in [7, 11) is 0. The molecule has 1 aromatic rings. The number of nitrogens with one attached hydrogen (secondary N) is 1. The van der Waals surface area contributed by atoms with Crippen molar-refractivity contribution in [3.63, 3.8) is 0 Å². The lowest BCUT2D eigenvalue weighted by atomic mass is 9.70. The van der Waals surface area contributed by atoms with E-state index in [2.05, 4.69) is 12.2 Å². The molecule has 1 aliphatic rings. The Morgan fingerprint density at radius 1 is 1.53 bits per heavy atom. The molecule has 0 bridgehead atoms. The quantitative estimate of drug-likeness (QED) is 0.700. The Morgan fingerprint density at radius 3 is 2.76 bits per heavy atom. The molecule has 0 unspecified atom stereocenters. The molecule has 0 saturated heterocycles. The second kappa shape index (κ2) is 4.28. The zero-order chi connectivity index (χ0) is 12.5. The third-order valence-corrected chi connectivity index (χ3v) is 3.58. The molecule has 1 aliphatic carbocycles. The third-order valence-electron chi connectivity index (χ3n) is 3.58. The number of benzene rings is 1. The Labute approximate surface area is 101 Å². The summed E-state index contributed by atoms with van der Waals surface area (Å²) < 4.78 is 0. The Hall–Kier alpha value is -1.71. The number of aromatic carboxylic acids is 1. The van der Waals surface area contributed by atoms with E-state index in [4.69, 9.17) is 10.8 Å². The van der Waals surface area contributed by atoms with E-state index in [0.717, 1.165) is 6.54 Å².